The first kappa shape index (κ1) is 31.1. The highest BCUT2D eigenvalue weighted by atomic mass is 32.2. The molecule has 10 nitrogen and oxygen atoms in total. The standard InChI is InChI=1S/C29H43FN6O4S/c1-6-36(20(2)3)29(37)25-13-23(30)9-12-26(25)40-27-14-31-19-32-28(27)35-17-22(18-35)16-34(4)15-21-7-10-24(11-8-21)33-41(5,38)39/h9,12-14,19-22,24,33H,6-8,10-11,15-18H2,1-5H3/t21-,24-. The van der Waals surface area contributed by atoms with Crippen molar-refractivity contribution in [1.82, 2.24) is 24.5 Å². The number of carbonyl (C=O) groups excluding carboxylic acids is 1. The lowest BCUT2D eigenvalue weighted by Gasteiger charge is -2.42. The van der Waals surface area contributed by atoms with E-state index in [0.717, 1.165) is 51.9 Å². The lowest BCUT2D eigenvalue weighted by molar-refractivity contribution is 0.0713. The van der Waals surface area contributed by atoms with Crippen LogP contribution in [-0.4, -0.2) is 92.2 Å². The first-order valence-electron chi connectivity index (χ1n) is 14.4. The number of anilines is 1. The third kappa shape index (κ3) is 8.36. The summed E-state index contributed by atoms with van der Waals surface area (Å²) in [5, 5.41) is 0. The van der Waals surface area contributed by atoms with Crippen molar-refractivity contribution < 1.29 is 22.3 Å². The van der Waals surface area contributed by atoms with Gasteiger partial charge in [0.1, 0.15) is 17.9 Å². The van der Waals surface area contributed by atoms with Crippen LogP contribution in [-0.2, 0) is 10.0 Å². The Morgan fingerprint density at radius 3 is 2.46 bits per heavy atom. The van der Waals surface area contributed by atoms with Gasteiger partial charge in [0.2, 0.25) is 10.0 Å². The van der Waals surface area contributed by atoms with Crippen LogP contribution < -0.4 is 14.4 Å². The first-order chi connectivity index (χ1) is 19.4. The van der Waals surface area contributed by atoms with E-state index in [4.69, 9.17) is 4.74 Å². The Morgan fingerprint density at radius 2 is 1.83 bits per heavy atom. The van der Waals surface area contributed by atoms with Crippen molar-refractivity contribution in [1.29, 1.82) is 0 Å². The van der Waals surface area contributed by atoms with Gasteiger partial charge in [-0.15, -0.1) is 0 Å². The fourth-order valence-corrected chi connectivity index (χ4v) is 6.82. The molecule has 1 aromatic heterocycles. The lowest BCUT2D eigenvalue weighted by atomic mass is 9.86. The predicted molar refractivity (Wildman–Crippen MR) is 157 cm³/mol. The fraction of sp³-hybridized carbons (Fsp3) is 0.621. The molecule has 1 amide bonds. The number of ether oxygens (including phenoxy) is 1. The number of aromatic nitrogens is 2. The molecule has 2 aliphatic rings. The van der Waals surface area contributed by atoms with Gasteiger partial charge in [-0.3, -0.25) is 4.79 Å². The minimum atomic E-state index is -3.16. The second-order valence-corrected chi connectivity index (χ2v) is 13.5. The van der Waals surface area contributed by atoms with Crippen molar-refractivity contribution in [2.24, 2.45) is 11.8 Å². The highest BCUT2D eigenvalue weighted by Crippen LogP contribution is 2.36. The predicted octanol–water partition coefficient (Wildman–Crippen LogP) is 3.75. The van der Waals surface area contributed by atoms with Gasteiger partial charge in [0.15, 0.2) is 11.6 Å². The number of nitrogens with zero attached hydrogens (tertiary/aromatic N) is 5. The summed E-state index contributed by atoms with van der Waals surface area (Å²) in [6.07, 6.45) is 8.09. The fourth-order valence-electron chi connectivity index (χ4n) is 5.97. The molecular weight excluding hydrogens is 547 g/mol. The zero-order chi connectivity index (χ0) is 29.7. The number of halogens is 1. The van der Waals surface area contributed by atoms with E-state index >= 15 is 0 Å². The van der Waals surface area contributed by atoms with Gasteiger partial charge >= 0.3 is 0 Å². The Labute approximate surface area is 243 Å². The summed E-state index contributed by atoms with van der Waals surface area (Å²) >= 11 is 0. The van der Waals surface area contributed by atoms with Crippen molar-refractivity contribution in [3.63, 3.8) is 0 Å². The van der Waals surface area contributed by atoms with E-state index in [-0.39, 0.29) is 29.3 Å². The van der Waals surface area contributed by atoms with E-state index in [1.807, 2.05) is 20.8 Å². The number of nitrogens with one attached hydrogen (secondary N) is 1. The summed E-state index contributed by atoms with van der Waals surface area (Å²) in [6, 6.07) is 4.00. The average Bonchev–Trinajstić information content (AvgIpc) is 2.88. The van der Waals surface area contributed by atoms with E-state index in [1.165, 1.54) is 30.8 Å². The lowest BCUT2D eigenvalue weighted by Crippen LogP contribution is -2.52. The summed E-state index contributed by atoms with van der Waals surface area (Å²) in [5.41, 5.74) is 0.166. The van der Waals surface area contributed by atoms with Crippen LogP contribution in [0.4, 0.5) is 10.2 Å². The average molecular weight is 591 g/mol. The Kier molecular flexibility index (Phi) is 10.2. The van der Waals surface area contributed by atoms with Gasteiger partial charge in [-0.25, -0.2) is 27.5 Å². The molecule has 1 saturated heterocycles. The largest absolute Gasteiger partial charge is 0.451 e. The molecule has 0 bridgehead atoms. The molecule has 2 heterocycles. The molecule has 0 atom stereocenters. The molecule has 2 fully saturated rings. The van der Waals surface area contributed by atoms with Crippen LogP contribution in [0.2, 0.25) is 0 Å². The molecule has 1 aliphatic heterocycles. The second-order valence-electron chi connectivity index (χ2n) is 11.7. The molecule has 1 N–H and O–H groups in total. The monoisotopic (exact) mass is 590 g/mol. The molecule has 0 radical (unpaired) electrons. The van der Waals surface area contributed by atoms with Gasteiger partial charge in [0.05, 0.1) is 18.0 Å². The van der Waals surface area contributed by atoms with Crippen molar-refractivity contribution in [3.05, 3.63) is 42.1 Å². The maximum absolute atomic E-state index is 14.2. The van der Waals surface area contributed by atoms with Gasteiger partial charge in [-0.1, -0.05) is 0 Å². The van der Waals surface area contributed by atoms with Gasteiger partial charge in [-0.2, -0.15) is 0 Å². The van der Waals surface area contributed by atoms with Crippen molar-refractivity contribution in [2.75, 3.05) is 50.9 Å². The smallest absolute Gasteiger partial charge is 0.257 e. The van der Waals surface area contributed by atoms with Crippen LogP contribution in [0.25, 0.3) is 0 Å². The summed E-state index contributed by atoms with van der Waals surface area (Å²) in [6.45, 7) is 9.82. The van der Waals surface area contributed by atoms with Crippen LogP contribution in [0.15, 0.2) is 30.7 Å². The number of sulfonamides is 1. The molecule has 1 saturated carbocycles. The van der Waals surface area contributed by atoms with E-state index in [9.17, 15) is 17.6 Å². The molecule has 226 valence electrons. The molecule has 1 aromatic carbocycles. The molecule has 0 spiro atoms. The number of hydrogen-bond acceptors (Lipinski definition) is 8. The molecule has 41 heavy (non-hydrogen) atoms. The summed E-state index contributed by atoms with van der Waals surface area (Å²) in [7, 11) is -1.01. The minimum absolute atomic E-state index is 0.0395. The molecule has 4 rings (SSSR count). The van der Waals surface area contributed by atoms with Crippen LogP contribution >= 0.6 is 0 Å². The van der Waals surface area contributed by atoms with Gasteiger partial charge in [-0.05, 0) is 77.6 Å². The normalized spacial score (nSPS) is 19.9. The summed E-state index contributed by atoms with van der Waals surface area (Å²) in [5.74, 6) is 1.59. The molecule has 0 unspecified atom stereocenters. The Hall–Kier alpha value is -2.83. The molecule has 12 heteroatoms. The second kappa shape index (κ2) is 13.4. The number of benzene rings is 1. The molecular formula is C29H43FN6O4S. The Bertz CT molecular complexity index is 1300. The van der Waals surface area contributed by atoms with Crippen molar-refractivity contribution in [3.8, 4) is 11.5 Å². The maximum atomic E-state index is 14.2. The Morgan fingerprint density at radius 1 is 1.15 bits per heavy atom. The topological polar surface area (TPSA) is 108 Å². The van der Waals surface area contributed by atoms with Gasteiger partial charge in [0, 0.05) is 50.7 Å². The molecule has 1 aliphatic carbocycles. The van der Waals surface area contributed by atoms with Gasteiger partial charge < -0.3 is 19.4 Å². The van der Waals surface area contributed by atoms with Crippen molar-refractivity contribution >= 4 is 21.7 Å². The third-order valence-electron chi connectivity index (χ3n) is 7.90. The van der Waals surface area contributed by atoms with Crippen LogP contribution in [0.3, 0.4) is 0 Å². The van der Waals surface area contributed by atoms with Crippen LogP contribution in [0.1, 0.15) is 56.8 Å². The van der Waals surface area contributed by atoms with E-state index in [2.05, 4.69) is 31.5 Å². The van der Waals surface area contributed by atoms with Crippen LogP contribution in [0, 0.1) is 17.7 Å². The number of amides is 1. The van der Waals surface area contributed by atoms with E-state index in [1.54, 1.807) is 11.1 Å². The number of rotatable bonds is 12. The number of hydrogen-bond donors (Lipinski definition) is 1. The zero-order valence-electron chi connectivity index (χ0n) is 24.7. The highest BCUT2D eigenvalue weighted by molar-refractivity contribution is 7.88. The van der Waals surface area contributed by atoms with Gasteiger partial charge in [0.25, 0.3) is 5.91 Å². The first-order valence-corrected chi connectivity index (χ1v) is 16.3. The summed E-state index contributed by atoms with van der Waals surface area (Å²) in [4.78, 5) is 28.0. The highest BCUT2D eigenvalue weighted by Gasteiger charge is 2.32. The maximum Gasteiger partial charge on any atom is 0.257 e. The van der Waals surface area contributed by atoms with E-state index < -0.39 is 15.8 Å². The van der Waals surface area contributed by atoms with Crippen LogP contribution in [0.5, 0.6) is 11.5 Å². The third-order valence-corrected chi connectivity index (χ3v) is 8.66. The number of carbonyl (C=O) groups is 1. The zero-order valence-corrected chi connectivity index (χ0v) is 25.5. The molecule has 2 aromatic rings. The Balaban J connectivity index is 1.33. The SMILES string of the molecule is CCN(C(=O)c1cc(F)ccc1Oc1cncnc1N1CC(CN(C)C[C@H]2CC[C@H](NS(C)(=O)=O)CC2)C1)C(C)C. The van der Waals surface area contributed by atoms with E-state index in [0.29, 0.717) is 29.9 Å². The van der Waals surface area contributed by atoms with Crippen molar-refractivity contribution in [2.45, 2.75) is 58.5 Å². The summed E-state index contributed by atoms with van der Waals surface area (Å²) < 4.78 is 46.1. The quantitative estimate of drug-likeness (QED) is 0.398. The minimum Gasteiger partial charge on any atom is -0.451 e.